The van der Waals surface area contributed by atoms with Gasteiger partial charge in [0.1, 0.15) is 0 Å². The molecule has 100 valence electrons. The summed E-state index contributed by atoms with van der Waals surface area (Å²) >= 11 is 5.00. The lowest BCUT2D eigenvalue weighted by Gasteiger charge is -2.13. The lowest BCUT2D eigenvalue weighted by atomic mass is 10.0. The van der Waals surface area contributed by atoms with Gasteiger partial charge in [0.25, 0.3) is 0 Å². The maximum Gasteiger partial charge on any atom is 0.229 e. The highest BCUT2D eigenvalue weighted by molar-refractivity contribution is 9.11. The van der Waals surface area contributed by atoms with Crippen molar-refractivity contribution in [3.8, 4) is 0 Å². The number of rotatable bonds is 4. The smallest absolute Gasteiger partial charge is 0.229 e. The van der Waals surface area contributed by atoms with Gasteiger partial charge in [-0.2, -0.15) is 0 Å². The number of benzene rings is 1. The summed E-state index contributed by atoms with van der Waals surface area (Å²) in [7, 11) is 0. The first-order chi connectivity index (χ1) is 9.06. The normalized spacial score (nSPS) is 10.7. The molecular formula is C15H16BrNOS. The number of hydrogen-bond acceptors (Lipinski definition) is 2. The van der Waals surface area contributed by atoms with Crippen molar-refractivity contribution in [2.75, 3.05) is 5.32 Å². The molecule has 0 bridgehead atoms. The first kappa shape index (κ1) is 14.3. The fraction of sp³-hybridized carbons (Fsp3) is 0.267. The molecule has 0 aliphatic rings. The summed E-state index contributed by atoms with van der Waals surface area (Å²) in [6, 6.07) is 11.9. The Morgan fingerprint density at radius 3 is 2.63 bits per heavy atom. The van der Waals surface area contributed by atoms with E-state index >= 15 is 0 Å². The molecule has 1 aromatic heterocycles. The molecule has 0 spiro atoms. The van der Waals surface area contributed by atoms with E-state index in [-0.39, 0.29) is 5.91 Å². The number of halogens is 1. The molecule has 1 heterocycles. The Bertz CT molecular complexity index is 577. The van der Waals surface area contributed by atoms with Crippen LogP contribution in [0.15, 0.2) is 40.2 Å². The molecule has 0 saturated carbocycles. The van der Waals surface area contributed by atoms with Crippen molar-refractivity contribution < 1.29 is 4.79 Å². The van der Waals surface area contributed by atoms with Crippen LogP contribution in [-0.4, -0.2) is 5.91 Å². The van der Waals surface area contributed by atoms with Crippen LogP contribution >= 0.6 is 27.3 Å². The number of para-hydroxylation sites is 1. The maximum atomic E-state index is 12.0. The predicted octanol–water partition coefficient (Wildman–Crippen LogP) is 4.82. The molecule has 2 aromatic rings. The first-order valence-electron chi connectivity index (χ1n) is 6.19. The fourth-order valence-electron chi connectivity index (χ4n) is 1.91. The van der Waals surface area contributed by atoms with Crippen LogP contribution < -0.4 is 5.32 Å². The summed E-state index contributed by atoms with van der Waals surface area (Å²) in [5, 5.41) is 3.00. The molecule has 19 heavy (non-hydrogen) atoms. The number of carbonyl (C=O) groups is 1. The third-order valence-electron chi connectivity index (χ3n) is 2.82. The van der Waals surface area contributed by atoms with Gasteiger partial charge in [0.2, 0.25) is 5.91 Å². The molecule has 1 amide bonds. The molecule has 1 N–H and O–H groups in total. The van der Waals surface area contributed by atoms with Crippen LogP contribution in [0.5, 0.6) is 0 Å². The quantitative estimate of drug-likeness (QED) is 0.851. The summed E-state index contributed by atoms with van der Waals surface area (Å²) in [5.74, 6) is 0.426. The van der Waals surface area contributed by atoms with Crippen LogP contribution in [0.3, 0.4) is 0 Å². The number of amides is 1. The average molecular weight is 338 g/mol. The van der Waals surface area contributed by atoms with Crippen molar-refractivity contribution in [2.24, 2.45) is 0 Å². The van der Waals surface area contributed by atoms with Crippen LogP contribution in [0, 0.1) is 0 Å². The Hall–Kier alpha value is -1.13. The zero-order valence-corrected chi connectivity index (χ0v) is 13.3. The van der Waals surface area contributed by atoms with Crippen LogP contribution in [0.4, 0.5) is 5.69 Å². The molecule has 0 saturated heterocycles. The number of thiophene rings is 1. The van der Waals surface area contributed by atoms with Gasteiger partial charge in [0, 0.05) is 10.6 Å². The Kier molecular flexibility index (Phi) is 4.77. The second kappa shape index (κ2) is 6.35. The third kappa shape index (κ3) is 3.91. The second-order valence-corrected chi connectivity index (χ2v) is 7.22. The van der Waals surface area contributed by atoms with E-state index in [2.05, 4.69) is 41.2 Å². The molecule has 0 radical (unpaired) electrons. The lowest BCUT2D eigenvalue weighted by molar-refractivity contribution is -0.115. The van der Waals surface area contributed by atoms with Crippen molar-refractivity contribution in [3.63, 3.8) is 0 Å². The van der Waals surface area contributed by atoms with Gasteiger partial charge in [-0.15, -0.1) is 11.3 Å². The predicted molar refractivity (Wildman–Crippen MR) is 84.9 cm³/mol. The van der Waals surface area contributed by atoms with Gasteiger partial charge in [-0.3, -0.25) is 4.79 Å². The van der Waals surface area contributed by atoms with E-state index in [4.69, 9.17) is 0 Å². The zero-order chi connectivity index (χ0) is 13.8. The summed E-state index contributed by atoms with van der Waals surface area (Å²) in [4.78, 5) is 13.1. The minimum Gasteiger partial charge on any atom is -0.326 e. The fourth-order valence-corrected chi connectivity index (χ4v) is 3.40. The molecule has 0 unspecified atom stereocenters. The number of carbonyl (C=O) groups excluding carboxylic acids is 1. The van der Waals surface area contributed by atoms with Crippen LogP contribution in [0.25, 0.3) is 0 Å². The minimum atomic E-state index is 0.0300. The first-order valence-corrected chi connectivity index (χ1v) is 7.80. The lowest BCUT2D eigenvalue weighted by Crippen LogP contribution is -2.15. The van der Waals surface area contributed by atoms with E-state index in [0.717, 1.165) is 14.4 Å². The summed E-state index contributed by atoms with van der Waals surface area (Å²) in [6.07, 6.45) is 0.419. The molecule has 0 aliphatic carbocycles. The maximum absolute atomic E-state index is 12.0. The van der Waals surface area contributed by atoms with Crippen LogP contribution in [0.1, 0.15) is 30.2 Å². The van der Waals surface area contributed by atoms with E-state index < -0.39 is 0 Å². The molecule has 0 fully saturated rings. The Balaban J connectivity index is 2.07. The van der Waals surface area contributed by atoms with Gasteiger partial charge in [-0.05, 0) is 45.6 Å². The topological polar surface area (TPSA) is 29.1 Å². The van der Waals surface area contributed by atoms with Crippen molar-refractivity contribution in [2.45, 2.75) is 26.2 Å². The average Bonchev–Trinajstić information content (AvgIpc) is 2.75. The van der Waals surface area contributed by atoms with Crippen LogP contribution in [0.2, 0.25) is 0 Å². The molecular weight excluding hydrogens is 322 g/mol. The molecule has 0 aliphatic heterocycles. The van der Waals surface area contributed by atoms with E-state index in [9.17, 15) is 4.79 Å². The standard InChI is InChI=1S/C15H16BrNOS/c1-10(2)12-5-3-4-6-13(12)17-15(18)9-11-7-8-14(16)19-11/h3-8,10H,9H2,1-2H3,(H,17,18). The summed E-state index contributed by atoms with van der Waals surface area (Å²) in [5.41, 5.74) is 2.08. The van der Waals surface area contributed by atoms with Crippen molar-refractivity contribution in [1.82, 2.24) is 0 Å². The van der Waals surface area contributed by atoms with E-state index in [1.54, 1.807) is 11.3 Å². The number of anilines is 1. The SMILES string of the molecule is CC(C)c1ccccc1NC(=O)Cc1ccc(Br)s1. The van der Waals surface area contributed by atoms with Gasteiger partial charge >= 0.3 is 0 Å². The Morgan fingerprint density at radius 2 is 2.00 bits per heavy atom. The van der Waals surface area contributed by atoms with Crippen molar-refractivity contribution in [1.29, 1.82) is 0 Å². The molecule has 4 heteroatoms. The second-order valence-electron chi connectivity index (χ2n) is 4.67. The van der Waals surface area contributed by atoms with Crippen LogP contribution in [-0.2, 0) is 11.2 Å². The molecule has 2 nitrogen and oxygen atoms in total. The third-order valence-corrected chi connectivity index (χ3v) is 4.44. The van der Waals surface area contributed by atoms with Gasteiger partial charge in [-0.1, -0.05) is 32.0 Å². The number of nitrogens with one attached hydrogen (secondary N) is 1. The van der Waals surface area contributed by atoms with Gasteiger partial charge < -0.3 is 5.32 Å². The zero-order valence-electron chi connectivity index (χ0n) is 10.9. The van der Waals surface area contributed by atoms with Gasteiger partial charge in [0.05, 0.1) is 10.2 Å². The largest absolute Gasteiger partial charge is 0.326 e. The monoisotopic (exact) mass is 337 g/mol. The summed E-state index contributed by atoms with van der Waals surface area (Å²) in [6.45, 7) is 4.25. The summed E-state index contributed by atoms with van der Waals surface area (Å²) < 4.78 is 1.05. The minimum absolute atomic E-state index is 0.0300. The van der Waals surface area contributed by atoms with E-state index in [1.165, 1.54) is 5.56 Å². The highest BCUT2D eigenvalue weighted by Gasteiger charge is 2.10. The molecule has 2 rings (SSSR count). The molecule has 0 atom stereocenters. The van der Waals surface area contributed by atoms with Crippen molar-refractivity contribution >= 4 is 38.9 Å². The molecule has 1 aromatic carbocycles. The highest BCUT2D eigenvalue weighted by atomic mass is 79.9. The Morgan fingerprint density at radius 1 is 1.26 bits per heavy atom. The van der Waals surface area contributed by atoms with Gasteiger partial charge in [0.15, 0.2) is 0 Å². The van der Waals surface area contributed by atoms with E-state index in [1.807, 2.05) is 30.3 Å². The van der Waals surface area contributed by atoms with Gasteiger partial charge in [-0.25, -0.2) is 0 Å². The Labute approximate surface area is 126 Å². The van der Waals surface area contributed by atoms with E-state index in [0.29, 0.717) is 12.3 Å². The highest BCUT2D eigenvalue weighted by Crippen LogP contribution is 2.25. The van der Waals surface area contributed by atoms with Crippen molar-refractivity contribution in [3.05, 3.63) is 50.6 Å². The number of hydrogen-bond donors (Lipinski definition) is 1.